The third-order valence-corrected chi connectivity index (χ3v) is 6.17. The molecule has 1 aromatic rings. The fraction of sp³-hybridized carbons (Fsp3) is 0.591. The Morgan fingerprint density at radius 2 is 1.75 bits per heavy atom. The van der Waals surface area contributed by atoms with Crippen LogP contribution in [0.2, 0.25) is 0 Å². The summed E-state index contributed by atoms with van der Waals surface area (Å²) in [6, 6.07) is 8.03. The number of benzene rings is 1. The number of carbonyl (C=O) groups excluding carboxylic acids is 3. The molecule has 2 fully saturated rings. The Kier molecular flexibility index (Phi) is 6.06. The summed E-state index contributed by atoms with van der Waals surface area (Å²) in [4.78, 5) is 40.5. The van der Waals surface area contributed by atoms with E-state index < -0.39 is 5.54 Å². The van der Waals surface area contributed by atoms with Gasteiger partial charge in [0.1, 0.15) is 12.1 Å². The summed E-state index contributed by atoms with van der Waals surface area (Å²) >= 11 is 0. The van der Waals surface area contributed by atoms with E-state index in [1.807, 2.05) is 0 Å². The topological polar surface area (TPSA) is 69.7 Å². The first-order valence-electron chi connectivity index (χ1n) is 10.3. The van der Waals surface area contributed by atoms with Crippen LogP contribution in [-0.2, 0) is 16.0 Å². The molecule has 3 rings (SSSR count). The number of rotatable bonds is 6. The zero-order valence-corrected chi connectivity index (χ0v) is 17.2. The average molecular weight is 386 g/mol. The van der Waals surface area contributed by atoms with Gasteiger partial charge in [-0.05, 0) is 36.3 Å². The summed E-state index contributed by atoms with van der Waals surface area (Å²) in [5.41, 5.74) is 1.71. The van der Waals surface area contributed by atoms with Gasteiger partial charge in [0, 0.05) is 13.6 Å². The highest BCUT2D eigenvalue weighted by Crippen LogP contribution is 2.39. The molecule has 6 nitrogen and oxygen atoms in total. The van der Waals surface area contributed by atoms with Crippen molar-refractivity contribution in [2.75, 3.05) is 20.1 Å². The largest absolute Gasteiger partial charge is 0.354 e. The van der Waals surface area contributed by atoms with Crippen molar-refractivity contribution in [3.05, 3.63) is 35.4 Å². The summed E-state index contributed by atoms with van der Waals surface area (Å²) in [5, 5.41) is 2.84. The highest BCUT2D eigenvalue weighted by Gasteiger charge is 2.55. The van der Waals surface area contributed by atoms with Crippen LogP contribution in [-0.4, -0.2) is 53.3 Å². The van der Waals surface area contributed by atoms with E-state index in [1.54, 1.807) is 11.9 Å². The maximum Gasteiger partial charge on any atom is 0.327 e. The van der Waals surface area contributed by atoms with Crippen molar-refractivity contribution in [3.8, 4) is 0 Å². The quantitative estimate of drug-likeness (QED) is 0.765. The maximum atomic E-state index is 12.9. The molecule has 0 unspecified atom stereocenters. The molecule has 1 aliphatic heterocycles. The van der Waals surface area contributed by atoms with Crippen LogP contribution < -0.4 is 5.32 Å². The Morgan fingerprint density at radius 3 is 2.36 bits per heavy atom. The van der Waals surface area contributed by atoms with Crippen molar-refractivity contribution in [2.24, 2.45) is 0 Å². The second-order valence-electron chi connectivity index (χ2n) is 8.32. The van der Waals surface area contributed by atoms with E-state index in [1.165, 1.54) is 5.56 Å². The number of amides is 4. The van der Waals surface area contributed by atoms with Gasteiger partial charge in [-0.25, -0.2) is 4.79 Å². The Morgan fingerprint density at radius 1 is 1.11 bits per heavy atom. The summed E-state index contributed by atoms with van der Waals surface area (Å²) < 4.78 is 0. The molecule has 2 aliphatic rings. The van der Waals surface area contributed by atoms with E-state index in [2.05, 4.69) is 43.4 Å². The van der Waals surface area contributed by atoms with Crippen LogP contribution in [0.25, 0.3) is 0 Å². The first-order chi connectivity index (χ1) is 13.3. The Labute approximate surface area is 167 Å². The third-order valence-electron chi connectivity index (χ3n) is 6.17. The molecule has 6 heteroatoms. The smallest absolute Gasteiger partial charge is 0.327 e. The molecule has 4 amide bonds. The van der Waals surface area contributed by atoms with E-state index in [0.717, 1.165) is 36.1 Å². The number of nitrogens with one attached hydrogen (secondary N) is 1. The molecule has 1 saturated heterocycles. The number of nitrogens with zero attached hydrogens (tertiary/aromatic N) is 2. The predicted octanol–water partition coefficient (Wildman–Crippen LogP) is 3.07. The molecule has 1 saturated carbocycles. The second-order valence-corrected chi connectivity index (χ2v) is 8.32. The first-order valence-corrected chi connectivity index (χ1v) is 10.3. The monoisotopic (exact) mass is 385 g/mol. The van der Waals surface area contributed by atoms with Crippen molar-refractivity contribution in [1.29, 1.82) is 0 Å². The Balaban J connectivity index is 1.52. The number of urea groups is 1. The lowest BCUT2D eigenvalue weighted by atomic mass is 9.81. The second kappa shape index (κ2) is 8.33. The number of hydrogen-bond acceptors (Lipinski definition) is 3. The molecule has 1 spiro atoms. The van der Waals surface area contributed by atoms with Gasteiger partial charge in [0.25, 0.3) is 5.91 Å². The van der Waals surface area contributed by atoms with Crippen LogP contribution in [0.3, 0.4) is 0 Å². The Bertz CT molecular complexity index is 736. The summed E-state index contributed by atoms with van der Waals surface area (Å²) in [6.45, 7) is 4.60. The minimum absolute atomic E-state index is 0.198. The lowest BCUT2D eigenvalue weighted by Gasteiger charge is -2.35. The molecule has 152 valence electrons. The fourth-order valence-electron chi connectivity index (χ4n) is 4.29. The van der Waals surface area contributed by atoms with E-state index in [4.69, 9.17) is 0 Å². The third kappa shape index (κ3) is 3.91. The molecular formula is C22H31N3O3. The molecule has 1 heterocycles. The van der Waals surface area contributed by atoms with Crippen LogP contribution in [0.5, 0.6) is 0 Å². The SMILES string of the molecule is CC(C)c1ccc(CCNC(=O)CN2C(=O)N(C)C3(CCCCC3)C2=O)cc1. The van der Waals surface area contributed by atoms with Crippen molar-refractivity contribution in [3.63, 3.8) is 0 Å². The zero-order valence-electron chi connectivity index (χ0n) is 17.2. The Hall–Kier alpha value is -2.37. The normalized spacial score (nSPS) is 19.0. The molecule has 1 aromatic carbocycles. The lowest BCUT2D eigenvalue weighted by molar-refractivity contribution is -0.137. The van der Waals surface area contributed by atoms with Crippen LogP contribution in [0.15, 0.2) is 24.3 Å². The molecule has 0 bridgehead atoms. The number of imide groups is 1. The van der Waals surface area contributed by atoms with Crippen LogP contribution in [0.1, 0.15) is 63.0 Å². The van der Waals surface area contributed by atoms with Gasteiger partial charge in [-0.1, -0.05) is 57.4 Å². The highest BCUT2D eigenvalue weighted by molar-refractivity contribution is 6.08. The zero-order chi connectivity index (χ0) is 20.3. The number of carbonyl (C=O) groups is 3. The summed E-state index contributed by atoms with van der Waals surface area (Å²) in [5.74, 6) is -0.00392. The molecule has 0 aromatic heterocycles. The van der Waals surface area contributed by atoms with E-state index >= 15 is 0 Å². The minimum Gasteiger partial charge on any atom is -0.354 e. The van der Waals surface area contributed by atoms with Crippen LogP contribution in [0, 0.1) is 0 Å². The van der Waals surface area contributed by atoms with Gasteiger partial charge in [0.15, 0.2) is 0 Å². The van der Waals surface area contributed by atoms with Gasteiger partial charge in [0.05, 0.1) is 0 Å². The molecule has 28 heavy (non-hydrogen) atoms. The average Bonchev–Trinajstić information content (AvgIpc) is 2.85. The van der Waals surface area contributed by atoms with E-state index in [0.29, 0.717) is 25.3 Å². The van der Waals surface area contributed by atoms with Gasteiger partial charge in [0.2, 0.25) is 5.91 Å². The maximum absolute atomic E-state index is 12.9. The van der Waals surface area contributed by atoms with Gasteiger partial charge in [-0.3, -0.25) is 14.5 Å². The van der Waals surface area contributed by atoms with Gasteiger partial charge in [-0.15, -0.1) is 0 Å². The van der Waals surface area contributed by atoms with E-state index in [9.17, 15) is 14.4 Å². The highest BCUT2D eigenvalue weighted by atomic mass is 16.2. The van der Waals surface area contributed by atoms with Crippen molar-refractivity contribution in [2.45, 2.75) is 63.8 Å². The van der Waals surface area contributed by atoms with Crippen LogP contribution in [0.4, 0.5) is 4.79 Å². The number of likely N-dealkylation sites (N-methyl/N-ethyl adjacent to an activating group) is 1. The standard InChI is InChI=1S/C22H31N3O3/c1-16(2)18-9-7-17(8-10-18)11-14-23-19(26)15-25-20(27)22(24(3)21(25)28)12-5-4-6-13-22/h7-10,16H,4-6,11-15H2,1-3H3,(H,23,26). The molecule has 0 radical (unpaired) electrons. The van der Waals surface area contributed by atoms with Gasteiger partial charge in [-0.2, -0.15) is 0 Å². The summed E-state index contributed by atoms with van der Waals surface area (Å²) in [7, 11) is 1.68. The minimum atomic E-state index is -0.728. The number of hydrogen-bond donors (Lipinski definition) is 1. The van der Waals surface area contributed by atoms with Gasteiger partial charge >= 0.3 is 6.03 Å². The molecule has 1 N–H and O–H groups in total. The van der Waals surface area contributed by atoms with Crippen molar-refractivity contribution in [1.82, 2.24) is 15.1 Å². The van der Waals surface area contributed by atoms with Crippen LogP contribution >= 0.6 is 0 Å². The lowest BCUT2D eigenvalue weighted by Crippen LogP contribution is -2.49. The predicted molar refractivity (Wildman–Crippen MR) is 108 cm³/mol. The molecule has 1 aliphatic carbocycles. The fourth-order valence-corrected chi connectivity index (χ4v) is 4.29. The van der Waals surface area contributed by atoms with E-state index in [-0.39, 0.29) is 24.4 Å². The van der Waals surface area contributed by atoms with Crippen molar-refractivity contribution < 1.29 is 14.4 Å². The van der Waals surface area contributed by atoms with Gasteiger partial charge < -0.3 is 10.2 Å². The molecular weight excluding hydrogens is 354 g/mol. The van der Waals surface area contributed by atoms with Crippen molar-refractivity contribution >= 4 is 17.8 Å². The molecule has 0 atom stereocenters. The summed E-state index contributed by atoms with van der Waals surface area (Å²) in [6.07, 6.45) is 5.08. The first kappa shape index (κ1) is 20.4.